The number of hydrogen-bond donors (Lipinski definition) is 2. The Morgan fingerprint density at radius 3 is 2.74 bits per heavy atom. The molecule has 0 saturated carbocycles. The van der Waals surface area contributed by atoms with Crippen LogP contribution in [0.3, 0.4) is 0 Å². The summed E-state index contributed by atoms with van der Waals surface area (Å²) >= 11 is 7.82. The van der Waals surface area contributed by atoms with E-state index in [1.54, 1.807) is 26.8 Å². The normalized spacial score (nSPS) is 24.6. The second-order valence-electron chi connectivity index (χ2n) is 15.8. The molecule has 4 aliphatic heterocycles. The third-order valence-electron chi connectivity index (χ3n) is 11.1. The van der Waals surface area contributed by atoms with Crippen molar-refractivity contribution in [3.8, 4) is 23.2 Å². The average Bonchev–Trinajstić information content (AvgIpc) is 3.86. The predicted molar refractivity (Wildman–Crippen MR) is 200 cm³/mol. The molecule has 2 aromatic carbocycles. The smallest absolute Gasteiger partial charge is 0.412 e. The number of carbonyl (C=O) groups excluding carboxylic acids is 1. The highest BCUT2D eigenvalue weighted by atomic mass is 35.5. The summed E-state index contributed by atoms with van der Waals surface area (Å²) < 4.78 is 59.1. The van der Waals surface area contributed by atoms with Crippen molar-refractivity contribution in [1.82, 2.24) is 20.2 Å². The molecule has 8 rings (SSSR count). The lowest BCUT2D eigenvalue weighted by Gasteiger charge is -2.41. The van der Waals surface area contributed by atoms with Gasteiger partial charge < -0.3 is 19.7 Å². The Bertz CT molecular complexity index is 2170. The molecule has 53 heavy (non-hydrogen) atoms. The van der Waals surface area contributed by atoms with Gasteiger partial charge in [-0.25, -0.2) is 18.0 Å². The Morgan fingerprint density at radius 2 is 1.98 bits per heavy atom. The summed E-state index contributed by atoms with van der Waals surface area (Å²) in [4.78, 5) is 26.5. The molecule has 4 aliphatic rings. The van der Waals surface area contributed by atoms with E-state index in [1.807, 2.05) is 0 Å². The fraction of sp³-hybridized carbons (Fsp3) is 0.526. The van der Waals surface area contributed by atoms with Crippen LogP contribution in [0.4, 0.5) is 28.8 Å². The molecule has 10 nitrogen and oxygen atoms in total. The van der Waals surface area contributed by atoms with Crippen molar-refractivity contribution in [2.24, 2.45) is 0 Å². The van der Waals surface area contributed by atoms with E-state index in [2.05, 4.69) is 31.5 Å². The highest BCUT2D eigenvalue weighted by Gasteiger charge is 2.49. The first kappa shape index (κ1) is 36.1. The number of nitrogens with one attached hydrogen (secondary N) is 2. The molecule has 4 aromatic rings. The van der Waals surface area contributed by atoms with Crippen molar-refractivity contribution >= 4 is 60.8 Å². The highest BCUT2D eigenvalue weighted by Crippen LogP contribution is 2.47. The van der Waals surface area contributed by atoms with Crippen molar-refractivity contribution < 1.29 is 27.4 Å². The number of piperidine rings is 1. The molecule has 0 radical (unpaired) electrons. The molecule has 0 bridgehead atoms. The first-order valence-electron chi connectivity index (χ1n) is 18.2. The van der Waals surface area contributed by atoms with E-state index < -0.39 is 35.0 Å². The van der Waals surface area contributed by atoms with Gasteiger partial charge in [0, 0.05) is 47.9 Å². The monoisotopic (exact) mass is 767 g/mol. The summed E-state index contributed by atoms with van der Waals surface area (Å²) in [5.74, 6) is -0.953. The van der Waals surface area contributed by atoms with Crippen molar-refractivity contribution in [3.63, 3.8) is 0 Å². The zero-order valence-corrected chi connectivity index (χ0v) is 31.5. The summed E-state index contributed by atoms with van der Waals surface area (Å²) in [6.45, 7) is 8.68. The van der Waals surface area contributed by atoms with Crippen LogP contribution in [0.15, 0.2) is 18.2 Å². The van der Waals surface area contributed by atoms with Crippen LogP contribution in [-0.4, -0.2) is 83.1 Å². The number of nitriles is 1. The Labute approximate surface area is 314 Å². The Balaban J connectivity index is 1.26. The molecule has 1 unspecified atom stereocenters. The van der Waals surface area contributed by atoms with E-state index in [1.165, 1.54) is 12.1 Å². The number of halogens is 4. The van der Waals surface area contributed by atoms with E-state index in [0.717, 1.165) is 63.0 Å². The van der Waals surface area contributed by atoms with Crippen molar-refractivity contribution in [2.75, 3.05) is 49.5 Å². The summed E-state index contributed by atoms with van der Waals surface area (Å²) in [6, 6.07) is 6.22. The van der Waals surface area contributed by atoms with Crippen LogP contribution >= 0.6 is 22.9 Å². The van der Waals surface area contributed by atoms with Gasteiger partial charge in [0.1, 0.15) is 46.6 Å². The number of carbonyl (C=O) groups is 1. The Kier molecular flexibility index (Phi) is 9.15. The molecule has 0 aliphatic carbocycles. The fourth-order valence-corrected chi connectivity index (χ4v) is 10.2. The van der Waals surface area contributed by atoms with Crippen LogP contribution in [0.1, 0.15) is 71.3 Å². The molecule has 6 heterocycles. The first-order valence-corrected chi connectivity index (χ1v) is 19.4. The molecular weight excluding hydrogens is 727 g/mol. The van der Waals surface area contributed by atoms with Crippen LogP contribution in [0.5, 0.6) is 6.01 Å². The zero-order chi connectivity index (χ0) is 37.3. The van der Waals surface area contributed by atoms with Gasteiger partial charge in [0.15, 0.2) is 5.82 Å². The maximum Gasteiger partial charge on any atom is 0.412 e. The zero-order valence-electron chi connectivity index (χ0n) is 29.9. The van der Waals surface area contributed by atoms with Gasteiger partial charge in [-0.3, -0.25) is 10.2 Å². The van der Waals surface area contributed by atoms with Crippen LogP contribution in [0.25, 0.3) is 32.1 Å². The van der Waals surface area contributed by atoms with Gasteiger partial charge in [0.05, 0.1) is 20.8 Å². The van der Waals surface area contributed by atoms with Gasteiger partial charge in [-0.15, -0.1) is 11.3 Å². The van der Waals surface area contributed by atoms with Gasteiger partial charge in [-0.2, -0.15) is 15.2 Å². The van der Waals surface area contributed by atoms with Crippen molar-refractivity contribution in [2.45, 2.75) is 88.6 Å². The van der Waals surface area contributed by atoms with Crippen LogP contribution in [0, 0.1) is 23.0 Å². The van der Waals surface area contributed by atoms with Gasteiger partial charge >= 0.3 is 12.1 Å². The largest absolute Gasteiger partial charge is 0.461 e. The van der Waals surface area contributed by atoms with E-state index in [9.17, 15) is 14.4 Å². The molecule has 3 atom stereocenters. The standard InChI is InChI=1S/C38H41ClF3N7O3S/c1-36(2,3)52-35(50)47-33-24(17-43)27-22(7-8-26(41)31(27)53-33)28-25(39)15-23-30(29(28)42)45-34(51-20-38-11-6-14-49(38)18-21(40)16-38)46-32(23)48-13-5-10-37(19-48)9-4-12-44-37/h7-8,15,21,44H,4-6,9-14,16,18-20H2,1-3H3,(H,47,50)/t21-,37?,38+/m1/s1. The molecule has 280 valence electrons. The lowest BCUT2D eigenvalue weighted by molar-refractivity contribution is 0.0636. The molecule has 2 aromatic heterocycles. The van der Waals surface area contributed by atoms with Gasteiger partial charge in [0.25, 0.3) is 0 Å². The van der Waals surface area contributed by atoms with Crippen molar-refractivity contribution in [1.29, 1.82) is 5.26 Å². The summed E-state index contributed by atoms with van der Waals surface area (Å²) in [5, 5.41) is 17.1. The summed E-state index contributed by atoms with van der Waals surface area (Å²) in [5.41, 5.74) is -1.40. The van der Waals surface area contributed by atoms with E-state index in [-0.39, 0.29) is 60.5 Å². The lowest BCUT2D eigenvalue weighted by Crippen LogP contribution is -2.54. The number of aromatic nitrogens is 2. The minimum Gasteiger partial charge on any atom is -0.461 e. The number of rotatable bonds is 6. The molecule has 2 N–H and O–H groups in total. The van der Waals surface area contributed by atoms with E-state index in [4.69, 9.17) is 26.1 Å². The average molecular weight is 768 g/mol. The van der Waals surface area contributed by atoms with E-state index in [0.29, 0.717) is 37.3 Å². The SMILES string of the molecule is CC(C)(C)OC(=O)Nc1sc2c(F)ccc(-c3c(Cl)cc4c(N5CCCC6(CCCN6)C5)nc(OC[C@@]56CCCN5C[C@H](F)C6)nc4c3F)c2c1C#N. The summed E-state index contributed by atoms with van der Waals surface area (Å²) in [7, 11) is 0. The molecule has 4 fully saturated rings. The number of hydrogen-bond acceptors (Lipinski definition) is 10. The van der Waals surface area contributed by atoms with Crippen LogP contribution in [0.2, 0.25) is 5.02 Å². The third kappa shape index (κ3) is 6.53. The number of fused-ring (bicyclic) bond motifs is 3. The molecule has 4 saturated heterocycles. The van der Waals surface area contributed by atoms with Gasteiger partial charge in [-0.1, -0.05) is 17.7 Å². The molecule has 1 spiro atoms. The Hall–Kier alpha value is -3.90. The number of anilines is 2. The highest BCUT2D eigenvalue weighted by molar-refractivity contribution is 7.23. The third-order valence-corrected chi connectivity index (χ3v) is 12.5. The number of alkyl halides is 1. The number of nitrogens with zero attached hydrogens (tertiary/aromatic N) is 5. The minimum absolute atomic E-state index is 0.0179. The van der Waals surface area contributed by atoms with Crippen LogP contribution < -0.4 is 20.3 Å². The number of amides is 1. The molecular formula is C38H41ClF3N7O3S. The minimum atomic E-state index is -0.944. The maximum absolute atomic E-state index is 17.3. The first-order chi connectivity index (χ1) is 25.3. The maximum atomic E-state index is 17.3. The second-order valence-corrected chi connectivity index (χ2v) is 17.2. The van der Waals surface area contributed by atoms with Gasteiger partial charge in [0.2, 0.25) is 0 Å². The topological polar surface area (TPSA) is 116 Å². The van der Waals surface area contributed by atoms with E-state index >= 15 is 8.78 Å². The Morgan fingerprint density at radius 1 is 1.19 bits per heavy atom. The van der Waals surface area contributed by atoms with Crippen molar-refractivity contribution in [3.05, 3.63) is 40.4 Å². The number of ether oxygens (including phenoxy) is 2. The molecule has 1 amide bonds. The second kappa shape index (κ2) is 13.4. The predicted octanol–water partition coefficient (Wildman–Crippen LogP) is 8.34. The van der Waals surface area contributed by atoms with Gasteiger partial charge in [-0.05, 0) is 90.1 Å². The quantitative estimate of drug-likeness (QED) is 0.200. The molecule has 15 heteroatoms. The summed E-state index contributed by atoms with van der Waals surface area (Å²) in [6.07, 6.45) is 4.33. The van der Waals surface area contributed by atoms with Crippen LogP contribution in [-0.2, 0) is 4.74 Å². The lowest BCUT2D eigenvalue weighted by atomic mass is 9.87. The fourth-order valence-electron chi connectivity index (χ4n) is 8.86. The number of benzene rings is 2. The number of thiophene rings is 1.